The number of carbonyl (C=O) groups excluding carboxylic acids is 1. The molecule has 17 heavy (non-hydrogen) atoms. The molecular formula is C14H18N2O. The highest BCUT2D eigenvalue weighted by Gasteiger charge is 1.92. The van der Waals surface area contributed by atoms with Crippen molar-refractivity contribution in [3.8, 4) is 11.8 Å². The number of carbonyl (C=O) groups is 1. The highest BCUT2D eigenvalue weighted by molar-refractivity contribution is 5.73. The first kappa shape index (κ1) is 13.3. The maximum atomic E-state index is 10.5. The van der Waals surface area contributed by atoms with Crippen molar-refractivity contribution in [3.63, 3.8) is 0 Å². The van der Waals surface area contributed by atoms with Crippen molar-refractivity contribution in [2.24, 2.45) is 5.73 Å². The molecule has 90 valence electrons. The minimum absolute atomic E-state index is 0.228. The maximum Gasteiger partial charge on any atom is 0.217 e. The van der Waals surface area contributed by atoms with Crippen LogP contribution >= 0.6 is 0 Å². The average molecular weight is 230 g/mol. The molecule has 0 unspecified atom stereocenters. The molecule has 0 heterocycles. The highest BCUT2D eigenvalue weighted by atomic mass is 16.1. The number of benzene rings is 1. The molecule has 0 bridgehead atoms. The Labute approximate surface area is 102 Å². The van der Waals surface area contributed by atoms with Crippen LogP contribution < -0.4 is 11.1 Å². The number of unbranched alkanes of at least 4 members (excludes halogenated alkanes) is 1. The lowest BCUT2D eigenvalue weighted by molar-refractivity contribution is -0.118. The molecule has 0 saturated heterocycles. The lowest BCUT2D eigenvalue weighted by atomic mass is 10.2. The molecule has 0 aliphatic rings. The highest BCUT2D eigenvalue weighted by Crippen LogP contribution is 1.94. The molecule has 3 nitrogen and oxygen atoms in total. The van der Waals surface area contributed by atoms with Gasteiger partial charge in [-0.1, -0.05) is 30.0 Å². The van der Waals surface area contributed by atoms with E-state index in [9.17, 15) is 4.79 Å². The molecule has 1 aromatic rings. The summed E-state index contributed by atoms with van der Waals surface area (Å²) >= 11 is 0. The second kappa shape index (κ2) is 8.37. The zero-order valence-corrected chi connectivity index (χ0v) is 9.91. The van der Waals surface area contributed by atoms with Gasteiger partial charge in [-0.25, -0.2) is 0 Å². The molecule has 0 spiro atoms. The predicted octanol–water partition coefficient (Wildman–Crippen LogP) is 1.28. The first-order chi connectivity index (χ1) is 8.29. The number of nitrogens with two attached hydrogens (primary N) is 1. The van der Waals surface area contributed by atoms with Crippen LogP contribution in [0.4, 0.5) is 0 Å². The fourth-order valence-electron chi connectivity index (χ4n) is 1.37. The Hall–Kier alpha value is -1.79. The van der Waals surface area contributed by atoms with E-state index in [4.69, 9.17) is 5.73 Å². The van der Waals surface area contributed by atoms with E-state index in [0.29, 0.717) is 13.0 Å². The Balaban J connectivity index is 2.05. The molecule has 3 N–H and O–H groups in total. The van der Waals surface area contributed by atoms with Crippen LogP contribution in [0.2, 0.25) is 0 Å². The van der Waals surface area contributed by atoms with Gasteiger partial charge in [-0.3, -0.25) is 4.79 Å². The fraction of sp³-hybridized carbons (Fsp3) is 0.357. The number of amides is 1. The van der Waals surface area contributed by atoms with Crippen LogP contribution in [0.3, 0.4) is 0 Å². The van der Waals surface area contributed by atoms with Gasteiger partial charge in [0.05, 0.1) is 6.54 Å². The molecule has 0 aromatic heterocycles. The van der Waals surface area contributed by atoms with E-state index in [-0.39, 0.29) is 5.91 Å². The minimum Gasteiger partial charge on any atom is -0.370 e. The molecule has 0 atom stereocenters. The number of nitrogens with one attached hydrogen (secondary N) is 1. The van der Waals surface area contributed by atoms with E-state index >= 15 is 0 Å². The average Bonchev–Trinajstić information content (AvgIpc) is 2.33. The number of hydrogen-bond acceptors (Lipinski definition) is 2. The van der Waals surface area contributed by atoms with Crippen LogP contribution in [-0.2, 0) is 4.79 Å². The summed E-state index contributed by atoms with van der Waals surface area (Å²) in [6.07, 6.45) is 2.27. The van der Waals surface area contributed by atoms with Crippen molar-refractivity contribution < 1.29 is 4.79 Å². The van der Waals surface area contributed by atoms with Crippen molar-refractivity contribution in [2.45, 2.75) is 19.3 Å². The summed E-state index contributed by atoms with van der Waals surface area (Å²) in [5, 5.41) is 3.20. The van der Waals surface area contributed by atoms with Crippen LogP contribution in [0.5, 0.6) is 0 Å². The summed E-state index contributed by atoms with van der Waals surface area (Å²) in [7, 11) is 0. The van der Waals surface area contributed by atoms with Crippen LogP contribution in [-0.4, -0.2) is 19.0 Å². The van der Waals surface area contributed by atoms with Gasteiger partial charge in [0, 0.05) is 12.0 Å². The molecule has 1 rings (SSSR count). The first-order valence-corrected chi connectivity index (χ1v) is 5.82. The zero-order valence-electron chi connectivity index (χ0n) is 9.91. The van der Waals surface area contributed by atoms with Gasteiger partial charge in [-0.2, -0.15) is 0 Å². The topological polar surface area (TPSA) is 55.1 Å². The minimum atomic E-state index is -0.228. The van der Waals surface area contributed by atoms with Crippen LogP contribution in [0.25, 0.3) is 0 Å². The number of rotatable bonds is 6. The molecule has 0 fully saturated rings. The van der Waals surface area contributed by atoms with Crippen LogP contribution in [0.1, 0.15) is 24.8 Å². The van der Waals surface area contributed by atoms with Gasteiger partial charge in [-0.15, -0.1) is 0 Å². The molecule has 1 amide bonds. The second-order valence-corrected chi connectivity index (χ2v) is 3.77. The summed E-state index contributed by atoms with van der Waals surface area (Å²) in [6.45, 7) is 1.54. The summed E-state index contributed by atoms with van der Waals surface area (Å²) in [5.41, 5.74) is 6.07. The Morgan fingerprint density at radius 1 is 1.24 bits per heavy atom. The van der Waals surface area contributed by atoms with Crippen molar-refractivity contribution in [2.75, 3.05) is 13.1 Å². The smallest absolute Gasteiger partial charge is 0.217 e. The van der Waals surface area contributed by atoms with E-state index in [1.165, 1.54) is 0 Å². The lowest BCUT2D eigenvalue weighted by Gasteiger charge is -1.98. The third-order valence-corrected chi connectivity index (χ3v) is 2.25. The van der Waals surface area contributed by atoms with Crippen molar-refractivity contribution in [1.82, 2.24) is 5.32 Å². The fourth-order valence-corrected chi connectivity index (χ4v) is 1.37. The molecule has 1 aromatic carbocycles. The Bertz CT molecular complexity index is 390. The van der Waals surface area contributed by atoms with Crippen molar-refractivity contribution in [3.05, 3.63) is 35.9 Å². The van der Waals surface area contributed by atoms with Crippen molar-refractivity contribution >= 4 is 5.91 Å². The molecular weight excluding hydrogens is 212 g/mol. The third kappa shape index (κ3) is 7.15. The number of primary amides is 1. The van der Waals surface area contributed by atoms with E-state index in [1.54, 1.807) is 0 Å². The van der Waals surface area contributed by atoms with Gasteiger partial charge in [0.1, 0.15) is 0 Å². The maximum absolute atomic E-state index is 10.5. The van der Waals surface area contributed by atoms with Gasteiger partial charge in [0.25, 0.3) is 0 Å². The van der Waals surface area contributed by atoms with Gasteiger partial charge < -0.3 is 11.1 Å². The van der Waals surface area contributed by atoms with E-state index in [2.05, 4.69) is 17.2 Å². The van der Waals surface area contributed by atoms with Crippen LogP contribution in [0, 0.1) is 11.8 Å². The Morgan fingerprint density at radius 2 is 2.00 bits per heavy atom. The monoisotopic (exact) mass is 230 g/mol. The van der Waals surface area contributed by atoms with Crippen molar-refractivity contribution in [1.29, 1.82) is 0 Å². The van der Waals surface area contributed by atoms with Gasteiger partial charge in [-0.05, 0) is 31.5 Å². The molecule has 0 aliphatic heterocycles. The van der Waals surface area contributed by atoms with E-state index < -0.39 is 0 Å². The molecule has 0 aliphatic carbocycles. The molecule has 0 radical (unpaired) electrons. The first-order valence-electron chi connectivity index (χ1n) is 5.82. The Morgan fingerprint density at radius 3 is 2.71 bits per heavy atom. The molecule has 0 saturated carbocycles. The normalized spacial score (nSPS) is 9.41. The predicted molar refractivity (Wildman–Crippen MR) is 69.2 cm³/mol. The SMILES string of the molecule is NC(=O)CCCCNCC#Cc1ccccc1. The summed E-state index contributed by atoms with van der Waals surface area (Å²) < 4.78 is 0. The Kier molecular flexibility index (Phi) is 6.54. The second-order valence-electron chi connectivity index (χ2n) is 3.77. The quantitative estimate of drug-likeness (QED) is 0.571. The van der Waals surface area contributed by atoms with Crippen LogP contribution in [0.15, 0.2) is 30.3 Å². The van der Waals surface area contributed by atoms with E-state index in [0.717, 1.165) is 24.9 Å². The summed E-state index contributed by atoms with van der Waals surface area (Å²) in [4.78, 5) is 10.5. The van der Waals surface area contributed by atoms with Gasteiger partial charge >= 0.3 is 0 Å². The standard InChI is InChI=1S/C14H18N2O/c15-14(17)10-4-5-11-16-12-6-9-13-7-2-1-3-8-13/h1-3,7-8,16H,4-5,10-12H2,(H2,15,17). The number of hydrogen-bond donors (Lipinski definition) is 2. The summed E-state index contributed by atoms with van der Waals surface area (Å²) in [6, 6.07) is 9.89. The third-order valence-electron chi connectivity index (χ3n) is 2.25. The summed E-state index contributed by atoms with van der Waals surface area (Å²) in [5.74, 6) is 5.89. The lowest BCUT2D eigenvalue weighted by Crippen LogP contribution is -2.16. The largest absolute Gasteiger partial charge is 0.370 e. The van der Waals surface area contributed by atoms with E-state index in [1.807, 2.05) is 30.3 Å². The van der Waals surface area contributed by atoms with Gasteiger partial charge in [0.2, 0.25) is 5.91 Å². The van der Waals surface area contributed by atoms with Gasteiger partial charge in [0.15, 0.2) is 0 Å². The molecule has 3 heteroatoms. The zero-order chi connectivity index (χ0) is 12.3.